The first-order chi connectivity index (χ1) is 24.3. The van der Waals surface area contributed by atoms with Gasteiger partial charge in [-0.25, -0.2) is 0 Å². The van der Waals surface area contributed by atoms with Gasteiger partial charge in [0.1, 0.15) is 11.2 Å². The van der Waals surface area contributed by atoms with Crippen LogP contribution in [0.2, 0.25) is 0 Å². The number of furan rings is 2. The van der Waals surface area contributed by atoms with E-state index in [0.717, 1.165) is 66.5 Å². The fourth-order valence-electron chi connectivity index (χ4n) is 7.35. The molecule has 3 heteroatoms. The van der Waals surface area contributed by atoms with Crippen LogP contribution in [-0.2, 0) is 0 Å². The van der Waals surface area contributed by atoms with Crippen molar-refractivity contribution in [1.82, 2.24) is 0 Å². The van der Waals surface area contributed by atoms with Crippen molar-refractivity contribution in [2.45, 2.75) is 0 Å². The highest BCUT2D eigenvalue weighted by Crippen LogP contribution is 2.46. The van der Waals surface area contributed by atoms with Gasteiger partial charge in [0.15, 0.2) is 11.2 Å². The predicted molar refractivity (Wildman–Crippen MR) is 204 cm³/mol. The summed E-state index contributed by atoms with van der Waals surface area (Å²) >= 11 is 0. The highest BCUT2D eigenvalue weighted by atomic mass is 16.3. The molecule has 8 aromatic carbocycles. The summed E-state index contributed by atoms with van der Waals surface area (Å²) < 4.78 is 13.2. The number of fused-ring (bicyclic) bond motifs is 7. The molecule has 0 saturated carbocycles. The van der Waals surface area contributed by atoms with Crippen molar-refractivity contribution >= 4 is 71.7 Å². The summed E-state index contributed by atoms with van der Waals surface area (Å²) in [5.74, 6) is 0. The van der Waals surface area contributed by atoms with Gasteiger partial charge in [-0.15, -0.1) is 0 Å². The number of para-hydroxylation sites is 4. The van der Waals surface area contributed by atoms with E-state index in [9.17, 15) is 0 Å². The molecule has 0 fully saturated rings. The van der Waals surface area contributed by atoms with E-state index in [-0.39, 0.29) is 0 Å². The Morgan fingerprint density at radius 3 is 1.55 bits per heavy atom. The normalized spacial score (nSPS) is 11.7. The maximum absolute atomic E-state index is 6.60. The monoisotopic (exact) mass is 627 g/mol. The summed E-state index contributed by atoms with van der Waals surface area (Å²) in [5.41, 5.74) is 11.1. The number of hydrogen-bond donors (Lipinski definition) is 0. The lowest BCUT2D eigenvalue weighted by Gasteiger charge is -2.26. The Morgan fingerprint density at radius 2 is 0.898 bits per heavy atom. The van der Waals surface area contributed by atoms with Crippen LogP contribution in [0.25, 0.3) is 76.9 Å². The summed E-state index contributed by atoms with van der Waals surface area (Å²) in [6.45, 7) is 0. The van der Waals surface area contributed by atoms with E-state index < -0.39 is 0 Å². The Balaban J connectivity index is 1.17. The van der Waals surface area contributed by atoms with Crippen LogP contribution in [0.3, 0.4) is 0 Å². The van der Waals surface area contributed by atoms with Crippen LogP contribution in [0, 0.1) is 0 Å². The smallest absolute Gasteiger partial charge is 0.159 e. The van der Waals surface area contributed by atoms with Gasteiger partial charge in [-0.2, -0.15) is 0 Å². The lowest BCUT2D eigenvalue weighted by molar-refractivity contribution is 0.666. The van der Waals surface area contributed by atoms with Gasteiger partial charge in [0.2, 0.25) is 0 Å². The van der Waals surface area contributed by atoms with E-state index >= 15 is 0 Å². The summed E-state index contributed by atoms with van der Waals surface area (Å²) in [7, 11) is 0. The third-order valence-electron chi connectivity index (χ3n) is 9.67. The van der Waals surface area contributed by atoms with E-state index in [0.29, 0.717) is 0 Å². The van der Waals surface area contributed by atoms with Crippen LogP contribution in [0.5, 0.6) is 0 Å². The van der Waals surface area contributed by atoms with Gasteiger partial charge in [0.25, 0.3) is 0 Å². The molecule has 2 aromatic heterocycles. The Hall–Kier alpha value is -6.58. The second-order valence-corrected chi connectivity index (χ2v) is 12.5. The highest BCUT2D eigenvalue weighted by molar-refractivity contribution is 6.14. The minimum atomic E-state index is 0.836. The fourth-order valence-corrected chi connectivity index (χ4v) is 7.35. The zero-order valence-corrected chi connectivity index (χ0v) is 26.5. The van der Waals surface area contributed by atoms with Crippen LogP contribution < -0.4 is 4.90 Å². The number of rotatable bonds is 5. The second kappa shape index (κ2) is 11.0. The molecule has 0 aliphatic rings. The second-order valence-electron chi connectivity index (χ2n) is 12.5. The summed E-state index contributed by atoms with van der Waals surface area (Å²) in [4.78, 5) is 2.27. The number of nitrogens with zero attached hydrogens (tertiary/aromatic N) is 1. The van der Waals surface area contributed by atoms with E-state index in [2.05, 4.69) is 157 Å². The van der Waals surface area contributed by atoms with Gasteiger partial charge in [-0.05, 0) is 75.5 Å². The number of anilines is 3. The average molecular weight is 628 g/mol. The molecule has 0 aliphatic heterocycles. The topological polar surface area (TPSA) is 29.5 Å². The van der Waals surface area contributed by atoms with Crippen molar-refractivity contribution < 1.29 is 8.83 Å². The summed E-state index contributed by atoms with van der Waals surface area (Å²) in [5, 5.41) is 6.81. The molecule has 0 atom stereocenters. The van der Waals surface area contributed by atoms with Crippen molar-refractivity contribution in [2.24, 2.45) is 0 Å². The molecule has 0 amide bonds. The molecule has 10 rings (SSSR count). The van der Waals surface area contributed by atoms with Crippen LogP contribution in [-0.4, -0.2) is 0 Å². The van der Waals surface area contributed by atoms with Crippen LogP contribution in [0.1, 0.15) is 0 Å². The first kappa shape index (κ1) is 27.5. The Labute approximate surface area is 282 Å². The minimum absolute atomic E-state index is 0.836. The molecule has 0 aliphatic carbocycles. The molecular weight excluding hydrogens is 599 g/mol. The number of benzene rings is 8. The lowest BCUT2D eigenvalue weighted by Crippen LogP contribution is -2.10. The largest absolute Gasteiger partial charge is 0.454 e. The molecule has 0 saturated heterocycles. The van der Waals surface area contributed by atoms with Crippen LogP contribution >= 0.6 is 0 Å². The zero-order valence-electron chi connectivity index (χ0n) is 26.5. The molecule has 10 aromatic rings. The van der Waals surface area contributed by atoms with E-state index in [1.54, 1.807) is 0 Å². The molecule has 0 spiro atoms. The third-order valence-corrected chi connectivity index (χ3v) is 9.67. The first-order valence-corrected chi connectivity index (χ1v) is 16.6. The maximum Gasteiger partial charge on any atom is 0.159 e. The quantitative estimate of drug-likeness (QED) is 0.190. The zero-order chi connectivity index (χ0) is 32.3. The van der Waals surface area contributed by atoms with Crippen molar-refractivity contribution in [1.29, 1.82) is 0 Å². The predicted octanol–water partition coefficient (Wildman–Crippen LogP) is 13.4. The summed E-state index contributed by atoms with van der Waals surface area (Å²) in [6.07, 6.45) is 0. The molecule has 0 unspecified atom stereocenters. The molecule has 230 valence electrons. The lowest BCUT2D eigenvalue weighted by atomic mass is 9.94. The van der Waals surface area contributed by atoms with Crippen molar-refractivity contribution in [2.75, 3.05) is 4.90 Å². The number of hydrogen-bond acceptors (Lipinski definition) is 3. The SMILES string of the molecule is c1ccc(-c2ccc3cccc(-c4ccc(N(c5cccc6c5oc5ccccc56)c5cccc6c5oc5ccccc56)cc4)c3c2)cc1. The van der Waals surface area contributed by atoms with Crippen molar-refractivity contribution in [3.63, 3.8) is 0 Å². The molecule has 3 nitrogen and oxygen atoms in total. The molecule has 0 radical (unpaired) electrons. The Morgan fingerprint density at radius 1 is 0.347 bits per heavy atom. The van der Waals surface area contributed by atoms with Gasteiger partial charge in [-0.3, -0.25) is 0 Å². The van der Waals surface area contributed by atoms with E-state index in [1.165, 1.54) is 27.5 Å². The van der Waals surface area contributed by atoms with E-state index in [4.69, 9.17) is 8.83 Å². The Kier molecular flexibility index (Phi) is 6.18. The average Bonchev–Trinajstić information content (AvgIpc) is 3.75. The van der Waals surface area contributed by atoms with E-state index in [1.807, 2.05) is 24.3 Å². The molecule has 0 bridgehead atoms. The maximum atomic E-state index is 6.60. The standard InChI is InChI=1S/C46H29NO2/c1-2-11-30(12-3-1)33-24-23-31-13-8-16-35(40(31)29-33)32-25-27-34(28-26-32)47(41-19-9-17-38-36-14-4-6-21-43(36)48-45(38)41)42-20-10-18-39-37-15-5-7-22-44(37)49-46(39)42/h1-29H. The Bertz CT molecular complexity index is 2710. The molecule has 0 N–H and O–H groups in total. The highest BCUT2D eigenvalue weighted by Gasteiger charge is 2.23. The van der Waals surface area contributed by atoms with Gasteiger partial charge < -0.3 is 13.7 Å². The summed E-state index contributed by atoms with van der Waals surface area (Å²) in [6, 6.07) is 62.0. The van der Waals surface area contributed by atoms with Gasteiger partial charge in [0, 0.05) is 27.2 Å². The van der Waals surface area contributed by atoms with Crippen molar-refractivity contribution in [3.8, 4) is 22.3 Å². The van der Waals surface area contributed by atoms with Crippen molar-refractivity contribution in [3.05, 3.63) is 176 Å². The molecule has 2 heterocycles. The first-order valence-electron chi connectivity index (χ1n) is 16.6. The third kappa shape index (κ3) is 4.44. The van der Waals surface area contributed by atoms with Gasteiger partial charge in [0.05, 0.1) is 11.4 Å². The van der Waals surface area contributed by atoms with Gasteiger partial charge in [-0.1, -0.05) is 133 Å². The molecule has 49 heavy (non-hydrogen) atoms. The van der Waals surface area contributed by atoms with Gasteiger partial charge >= 0.3 is 0 Å². The van der Waals surface area contributed by atoms with Crippen LogP contribution in [0.4, 0.5) is 17.1 Å². The fraction of sp³-hybridized carbons (Fsp3) is 0. The molecular formula is C46H29NO2. The van der Waals surface area contributed by atoms with Crippen LogP contribution in [0.15, 0.2) is 185 Å². The minimum Gasteiger partial charge on any atom is -0.454 e.